The average molecular weight is 539 g/mol. The van der Waals surface area contributed by atoms with Gasteiger partial charge in [0, 0.05) is 11.4 Å². The van der Waals surface area contributed by atoms with Crippen molar-refractivity contribution in [3.8, 4) is 0 Å². The molecule has 0 aromatic heterocycles. The highest BCUT2D eigenvalue weighted by molar-refractivity contribution is 6.98. The van der Waals surface area contributed by atoms with Crippen LogP contribution in [-0.2, 0) is 0 Å². The first-order chi connectivity index (χ1) is 18.3. The van der Waals surface area contributed by atoms with E-state index in [2.05, 4.69) is 181 Å². The van der Waals surface area contributed by atoms with Crippen LogP contribution in [0.25, 0.3) is 0 Å². The topological polar surface area (TPSA) is 13.0 Å². The smallest absolute Gasteiger partial charge is 0.272 e. The standard InChI is InChI=1S/C32H42N4Si2/c1-33(2)38(31-23-15-9-16-24-31,32-25-17-10-18-26-32)34(3)27-28-37(6,35(4)29-19-11-7-12-20-29)36(5)30-21-13-8-14-22-30/h7-26H,27-28H2,1-6H3. The van der Waals surface area contributed by atoms with E-state index in [0.717, 1.165) is 12.6 Å². The third-order valence-electron chi connectivity index (χ3n) is 8.21. The van der Waals surface area contributed by atoms with Gasteiger partial charge in [-0.15, -0.1) is 0 Å². The first kappa shape index (κ1) is 27.9. The molecule has 0 radical (unpaired) electrons. The van der Waals surface area contributed by atoms with Crippen LogP contribution in [0.4, 0.5) is 11.4 Å². The van der Waals surface area contributed by atoms with Crippen molar-refractivity contribution in [2.45, 2.75) is 12.6 Å². The summed E-state index contributed by atoms with van der Waals surface area (Å²) in [5.74, 6) is 0. The van der Waals surface area contributed by atoms with Crippen LogP contribution >= 0.6 is 0 Å². The molecule has 38 heavy (non-hydrogen) atoms. The lowest BCUT2D eigenvalue weighted by molar-refractivity contribution is 0.464. The molecule has 198 valence electrons. The van der Waals surface area contributed by atoms with Gasteiger partial charge in [-0.3, -0.25) is 0 Å². The minimum atomic E-state index is -2.40. The SMILES string of the molecule is CN(c1ccccc1)[Si](C)(CCN(C)[Si](c1ccccc1)(c1ccccc1)N(C)C)N(C)c1ccccc1. The molecule has 0 saturated carbocycles. The third kappa shape index (κ3) is 5.35. The van der Waals surface area contributed by atoms with E-state index in [0.29, 0.717) is 0 Å². The molecule has 6 heteroatoms. The second kappa shape index (κ2) is 12.1. The minimum absolute atomic E-state index is 0.991. The molecule has 4 aromatic rings. The van der Waals surface area contributed by atoms with Crippen LogP contribution in [-0.4, -0.2) is 67.7 Å². The molecule has 4 nitrogen and oxygen atoms in total. The van der Waals surface area contributed by atoms with Crippen molar-refractivity contribution in [1.82, 2.24) is 9.13 Å². The first-order valence-corrected chi connectivity index (χ1v) is 17.9. The molecule has 0 aliphatic heterocycles. The largest absolute Gasteiger partial charge is 0.384 e. The monoisotopic (exact) mass is 538 g/mol. The maximum atomic E-state index is 2.68. The molecule has 4 aromatic carbocycles. The molecule has 0 spiro atoms. The average Bonchev–Trinajstić information content (AvgIpc) is 2.97. The summed E-state index contributed by atoms with van der Waals surface area (Å²) in [5.41, 5.74) is 2.55. The van der Waals surface area contributed by atoms with Crippen LogP contribution in [0.3, 0.4) is 0 Å². The molecule has 4 rings (SSSR count). The van der Waals surface area contributed by atoms with Crippen LogP contribution < -0.4 is 19.5 Å². The fourth-order valence-corrected chi connectivity index (χ4v) is 14.0. The van der Waals surface area contributed by atoms with Gasteiger partial charge in [0.25, 0.3) is 16.8 Å². The summed E-state index contributed by atoms with van der Waals surface area (Å²) in [6, 6.07) is 45.1. The summed E-state index contributed by atoms with van der Waals surface area (Å²) in [6.45, 7) is 3.50. The molecular formula is C32H42N4Si2. The predicted octanol–water partition coefficient (Wildman–Crippen LogP) is 5.08. The van der Waals surface area contributed by atoms with E-state index in [1.807, 2.05) is 0 Å². The van der Waals surface area contributed by atoms with E-state index in [1.165, 1.54) is 21.7 Å². The Morgan fingerprint density at radius 1 is 0.500 bits per heavy atom. The van der Waals surface area contributed by atoms with Crippen molar-refractivity contribution in [3.63, 3.8) is 0 Å². The summed E-state index contributed by atoms with van der Waals surface area (Å²) in [6.07, 6.45) is 0. The molecule has 0 aliphatic carbocycles. The highest BCUT2D eigenvalue weighted by Crippen LogP contribution is 2.30. The van der Waals surface area contributed by atoms with Crippen molar-refractivity contribution in [2.75, 3.05) is 50.9 Å². The van der Waals surface area contributed by atoms with Crippen LogP contribution in [0.15, 0.2) is 121 Å². The zero-order valence-corrected chi connectivity index (χ0v) is 25.8. The van der Waals surface area contributed by atoms with E-state index in [9.17, 15) is 0 Å². The molecule has 0 saturated heterocycles. The Bertz CT molecular complexity index is 1170. The van der Waals surface area contributed by atoms with E-state index >= 15 is 0 Å². The molecule has 0 heterocycles. The molecule has 0 atom stereocenters. The predicted molar refractivity (Wildman–Crippen MR) is 170 cm³/mol. The van der Waals surface area contributed by atoms with Crippen molar-refractivity contribution >= 4 is 38.5 Å². The van der Waals surface area contributed by atoms with Gasteiger partial charge in [0.05, 0.1) is 0 Å². The first-order valence-electron chi connectivity index (χ1n) is 13.4. The van der Waals surface area contributed by atoms with Gasteiger partial charge in [-0.25, -0.2) is 0 Å². The zero-order valence-electron chi connectivity index (χ0n) is 23.8. The van der Waals surface area contributed by atoms with Gasteiger partial charge in [0.2, 0.25) is 0 Å². The fraction of sp³-hybridized carbons (Fsp3) is 0.250. The Labute approximate surface area is 232 Å². The fourth-order valence-electron chi connectivity index (χ4n) is 5.77. The molecule has 0 bridgehead atoms. The second-order valence-corrected chi connectivity index (χ2v) is 18.9. The van der Waals surface area contributed by atoms with Gasteiger partial charge in [0.1, 0.15) is 0 Å². The van der Waals surface area contributed by atoms with E-state index < -0.39 is 16.8 Å². The quantitative estimate of drug-likeness (QED) is 0.247. The number of nitrogens with zero attached hydrogens (tertiary/aromatic N) is 4. The molecule has 0 fully saturated rings. The minimum Gasteiger partial charge on any atom is -0.384 e. The van der Waals surface area contributed by atoms with Crippen molar-refractivity contribution in [1.29, 1.82) is 0 Å². The number of hydrogen-bond acceptors (Lipinski definition) is 4. The van der Waals surface area contributed by atoms with E-state index in [4.69, 9.17) is 0 Å². The number of anilines is 2. The van der Waals surface area contributed by atoms with Crippen molar-refractivity contribution in [2.24, 2.45) is 0 Å². The summed E-state index contributed by atoms with van der Waals surface area (Å²) in [5, 5.41) is 2.82. The van der Waals surface area contributed by atoms with Crippen LogP contribution in [0.5, 0.6) is 0 Å². The van der Waals surface area contributed by atoms with Gasteiger partial charge in [-0.05, 0) is 89.0 Å². The Morgan fingerprint density at radius 2 is 0.842 bits per heavy atom. The highest BCUT2D eigenvalue weighted by Gasteiger charge is 2.47. The van der Waals surface area contributed by atoms with Crippen LogP contribution in [0.2, 0.25) is 12.6 Å². The lowest BCUT2D eigenvalue weighted by atomic mass is 10.3. The van der Waals surface area contributed by atoms with Crippen molar-refractivity contribution in [3.05, 3.63) is 121 Å². The van der Waals surface area contributed by atoms with Gasteiger partial charge < -0.3 is 18.3 Å². The number of rotatable bonds is 11. The molecule has 0 aliphatic rings. The number of benzene rings is 4. The van der Waals surface area contributed by atoms with E-state index in [1.54, 1.807) is 0 Å². The second-order valence-electron chi connectivity index (χ2n) is 10.5. The summed E-state index contributed by atoms with van der Waals surface area (Å²) in [7, 11) is 6.83. The van der Waals surface area contributed by atoms with Gasteiger partial charge in [-0.2, -0.15) is 0 Å². The molecule has 0 amide bonds. The molecular weight excluding hydrogens is 497 g/mol. The molecule has 0 unspecified atom stereocenters. The normalized spacial score (nSPS) is 12.1. The van der Waals surface area contributed by atoms with Crippen molar-refractivity contribution < 1.29 is 0 Å². The Hall–Kier alpha value is -3.17. The summed E-state index contributed by atoms with van der Waals surface area (Å²) >= 11 is 0. The Morgan fingerprint density at radius 3 is 1.18 bits per heavy atom. The van der Waals surface area contributed by atoms with Gasteiger partial charge >= 0.3 is 0 Å². The Balaban J connectivity index is 1.75. The zero-order chi connectivity index (χ0) is 27.2. The Kier molecular flexibility index (Phi) is 8.89. The lowest BCUT2D eigenvalue weighted by Crippen LogP contribution is -2.77. The summed E-state index contributed by atoms with van der Waals surface area (Å²) in [4.78, 5) is 0. The lowest BCUT2D eigenvalue weighted by Gasteiger charge is -2.49. The highest BCUT2D eigenvalue weighted by atomic mass is 28.4. The van der Waals surface area contributed by atoms with E-state index in [-0.39, 0.29) is 0 Å². The maximum Gasteiger partial charge on any atom is 0.272 e. The molecule has 0 N–H and O–H groups in total. The van der Waals surface area contributed by atoms with Gasteiger partial charge in [0.15, 0.2) is 0 Å². The number of hydrogen-bond donors (Lipinski definition) is 0. The summed E-state index contributed by atoms with van der Waals surface area (Å²) < 4.78 is 10.3. The van der Waals surface area contributed by atoms with Gasteiger partial charge in [-0.1, -0.05) is 97.1 Å². The third-order valence-corrected chi connectivity index (χ3v) is 17.7. The number of para-hydroxylation sites is 2. The maximum absolute atomic E-state index is 2.68. The van der Waals surface area contributed by atoms with Crippen LogP contribution in [0.1, 0.15) is 0 Å². The van der Waals surface area contributed by atoms with Crippen LogP contribution in [0, 0.1) is 0 Å².